The zero-order valence-corrected chi connectivity index (χ0v) is 23.9. The van der Waals surface area contributed by atoms with Crippen LogP contribution in [0.15, 0.2) is 79.1 Å². The number of nitrogens with zero attached hydrogens (tertiary/aromatic N) is 3. The van der Waals surface area contributed by atoms with Crippen LogP contribution in [0.2, 0.25) is 0 Å². The van der Waals surface area contributed by atoms with Crippen molar-refractivity contribution in [1.29, 1.82) is 0 Å². The fraction of sp³-hybridized carbons (Fsp3) is 0.273. The first-order valence-corrected chi connectivity index (χ1v) is 13.3. The summed E-state index contributed by atoms with van der Waals surface area (Å²) >= 11 is 0. The number of rotatable bonds is 8. The number of aryl methyl sites for hydroxylation is 1. The number of carboxylic acids is 1. The maximum atomic E-state index is 12.8. The fourth-order valence-electron chi connectivity index (χ4n) is 4.55. The maximum absolute atomic E-state index is 12.8. The summed E-state index contributed by atoms with van der Waals surface area (Å²) in [5.41, 5.74) is 7.44. The van der Waals surface area contributed by atoms with E-state index in [1.54, 1.807) is 12.1 Å². The van der Waals surface area contributed by atoms with E-state index in [1.165, 1.54) is 11.3 Å². The monoisotopic (exact) mass is 536 g/mol. The van der Waals surface area contributed by atoms with E-state index >= 15 is 0 Å². The van der Waals surface area contributed by atoms with Gasteiger partial charge in [-0.25, -0.2) is 14.8 Å². The summed E-state index contributed by atoms with van der Waals surface area (Å²) in [6.45, 7) is 8.38. The van der Waals surface area contributed by atoms with Gasteiger partial charge in [0.2, 0.25) is 0 Å². The molecule has 3 aromatic carbocycles. The van der Waals surface area contributed by atoms with Gasteiger partial charge in [0.25, 0.3) is 5.91 Å². The summed E-state index contributed by atoms with van der Waals surface area (Å²) in [5, 5.41) is 12.4. The number of carbonyl (C=O) groups is 2. The molecule has 0 aliphatic heterocycles. The third kappa shape index (κ3) is 6.72. The Morgan fingerprint density at radius 3 is 2.00 bits per heavy atom. The highest BCUT2D eigenvalue weighted by atomic mass is 16.4. The predicted octanol–water partition coefficient (Wildman–Crippen LogP) is 5.91. The first kappa shape index (κ1) is 28.5. The lowest BCUT2D eigenvalue weighted by molar-refractivity contribution is -0.139. The van der Waals surface area contributed by atoms with Crippen molar-refractivity contribution in [2.75, 3.05) is 19.0 Å². The molecule has 0 spiro atoms. The second-order valence-electron chi connectivity index (χ2n) is 11.3. The van der Waals surface area contributed by atoms with Crippen LogP contribution in [0.4, 0.5) is 5.69 Å². The number of benzene rings is 3. The standard InChI is InChI=1S/C33H36N4O3/c1-21-17-25(13-16-29(21)37(5)6)26-19-34-30(35-20-26)23-9-7-22(8-10-23)18-28(32(39)40)36-31(38)24-11-14-27(15-12-24)33(2,3)4/h7-17,19-20,28H,18H2,1-6H3,(H,36,38)(H,39,40). The zero-order chi connectivity index (χ0) is 29.0. The number of anilines is 1. The molecule has 1 aromatic heterocycles. The molecule has 7 nitrogen and oxygen atoms in total. The van der Waals surface area contributed by atoms with Crippen LogP contribution < -0.4 is 10.2 Å². The van der Waals surface area contributed by atoms with E-state index in [9.17, 15) is 14.7 Å². The van der Waals surface area contributed by atoms with E-state index in [0.717, 1.165) is 27.8 Å². The molecule has 1 amide bonds. The van der Waals surface area contributed by atoms with Gasteiger partial charge in [-0.1, -0.05) is 63.2 Å². The number of carbonyl (C=O) groups excluding carboxylic acids is 1. The molecule has 0 bridgehead atoms. The summed E-state index contributed by atoms with van der Waals surface area (Å²) in [6, 6.07) is 19.9. The van der Waals surface area contributed by atoms with E-state index in [4.69, 9.17) is 0 Å². The lowest BCUT2D eigenvalue weighted by Crippen LogP contribution is -2.42. The van der Waals surface area contributed by atoms with Crippen LogP contribution in [-0.2, 0) is 16.6 Å². The van der Waals surface area contributed by atoms with Crippen LogP contribution in [0, 0.1) is 6.92 Å². The van der Waals surface area contributed by atoms with E-state index < -0.39 is 17.9 Å². The van der Waals surface area contributed by atoms with Gasteiger partial charge in [0.15, 0.2) is 5.82 Å². The van der Waals surface area contributed by atoms with Gasteiger partial charge in [-0.2, -0.15) is 0 Å². The average molecular weight is 537 g/mol. The normalized spacial score (nSPS) is 12.1. The van der Waals surface area contributed by atoms with Crippen molar-refractivity contribution in [3.8, 4) is 22.5 Å². The molecular formula is C33H36N4O3. The van der Waals surface area contributed by atoms with Crippen molar-refractivity contribution in [3.05, 3.63) is 101 Å². The molecule has 0 fully saturated rings. The zero-order valence-electron chi connectivity index (χ0n) is 23.9. The number of carboxylic acid groups (broad SMARTS) is 1. The van der Waals surface area contributed by atoms with Crippen molar-refractivity contribution in [2.45, 2.75) is 45.6 Å². The topological polar surface area (TPSA) is 95.4 Å². The SMILES string of the molecule is Cc1cc(-c2cnc(-c3ccc(CC(NC(=O)c4ccc(C(C)(C)C)cc4)C(=O)O)cc3)nc2)ccc1N(C)C. The average Bonchev–Trinajstić information content (AvgIpc) is 2.92. The molecule has 0 saturated carbocycles. The van der Waals surface area contributed by atoms with Crippen molar-refractivity contribution in [1.82, 2.24) is 15.3 Å². The van der Waals surface area contributed by atoms with Crippen LogP contribution in [0.1, 0.15) is 47.8 Å². The largest absolute Gasteiger partial charge is 0.480 e. The molecule has 1 unspecified atom stereocenters. The molecule has 0 aliphatic rings. The minimum atomic E-state index is -1.09. The molecule has 0 saturated heterocycles. The Kier molecular flexibility index (Phi) is 8.33. The van der Waals surface area contributed by atoms with Crippen molar-refractivity contribution >= 4 is 17.6 Å². The first-order valence-electron chi connectivity index (χ1n) is 13.3. The van der Waals surface area contributed by atoms with Gasteiger partial charge in [-0.15, -0.1) is 0 Å². The first-order chi connectivity index (χ1) is 18.9. The van der Waals surface area contributed by atoms with Crippen LogP contribution >= 0.6 is 0 Å². The Labute approximate surface area is 235 Å². The summed E-state index contributed by atoms with van der Waals surface area (Å²) in [4.78, 5) is 35.9. The number of aliphatic carboxylic acids is 1. The summed E-state index contributed by atoms with van der Waals surface area (Å²) < 4.78 is 0. The lowest BCUT2D eigenvalue weighted by atomic mass is 9.86. The minimum Gasteiger partial charge on any atom is -0.480 e. The molecule has 1 heterocycles. The predicted molar refractivity (Wildman–Crippen MR) is 160 cm³/mol. The fourth-order valence-corrected chi connectivity index (χ4v) is 4.55. The molecule has 0 radical (unpaired) electrons. The third-order valence-electron chi connectivity index (χ3n) is 6.93. The molecule has 7 heteroatoms. The van der Waals surface area contributed by atoms with Gasteiger partial charge in [0.1, 0.15) is 6.04 Å². The van der Waals surface area contributed by atoms with Crippen LogP contribution in [0.5, 0.6) is 0 Å². The molecular weight excluding hydrogens is 500 g/mol. The number of amides is 1. The van der Waals surface area contributed by atoms with Crippen LogP contribution in [0.25, 0.3) is 22.5 Å². The molecule has 2 N–H and O–H groups in total. The highest BCUT2D eigenvalue weighted by Crippen LogP contribution is 2.27. The van der Waals surface area contributed by atoms with Crippen molar-refractivity contribution < 1.29 is 14.7 Å². The van der Waals surface area contributed by atoms with E-state index in [-0.39, 0.29) is 11.8 Å². The summed E-state index contributed by atoms with van der Waals surface area (Å²) in [5.74, 6) is -0.917. The van der Waals surface area contributed by atoms with Gasteiger partial charge < -0.3 is 15.3 Å². The smallest absolute Gasteiger partial charge is 0.326 e. The Morgan fingerprint density at radius 2 is 1.48 bits per heavy atom. The molecule has 4 rings (SSSR count). The molecule has 1 atom stereocenters. The van der Waals surface area contributed by atoms with Gasteiger partial charge >= 0.3 is 5.97 Å². The number of hydrogen-bond donors (Lipinski definition) is 2. The van der Waals surface area contributed by atoms with E-state index in [2.05, 4.69) is 66.1 Å². The molecule has 206 valence electrons. The van der Waals surface area contributed by atoms with Gasteiger partial charge in [-0.3, -0.25) is 4.79 Å². The highest BCUT2D eigenvalue weighted by molar-refractivity contribution is 5.96. The van der Waals surface area contributed by atoms with Gasteiger partial charge in [0.05, 0.1) is 0 Å². The highest BCUT2D eigenvalue weighted by Gasteiger charge is 2.22. The lowest BCUT2D eigenvalue weighted by Gasteiger charge is -2.19. The summed E-state index contributed by atoms with van der Waals surface area (Å²) in [6.07, 6.45) is 3.78. The van der Waals surface area contributed by atoms with Crippen LogP contribution in [-0.4, -0.2) is 47.1 Å². The molecule has 40 heavy (non-hydrogen) atoms. The Morgan fingerprint density at radius 1 is 0.875 bits per heavy atom. The molecule has 0 aliphatic carbocycles. The molecule has 4 aromatic rings. The maximum Gasteiger partial charge on any atom is 0.326 e. The minimum absolute atomic E-state index is 0.0325. The number of aromatic nitrogens is 2. The van der Waals surface area contributed by atoms with Gasteiger partial charge in [0, 0.05) is 55.3 Å². The van der Waals surface area contributed by atoms with Gasteiger partial charge in [-0.05, 0) is 58.9 Å². The van der Waals surface area contributed by atoms with E-state index in [1.807, 2.05) is 62.9 Å². The number of hydrogen-bond acceptors (Lipinski definition) is 5. The second-order valence-corrected chi connectivity index (χ2v) is 11.3. The van der Waals surface area contributed by atoms with Crippen LogP contribution in [0.3, 0.4) is 0 Å². The second kappa shape index (κ2) is 11.7. The Balaban J connectivity index is 1.42. The van der Waals surface area contributed by atoms with Crippen molar-refractivity contribution in [3.63, 3.8) is 0 Å². The Bertz CT molecular complexity index is 1490. The summed E-state index contributed by atoms with van der Waals surface area (Å²) in [7, 11) is 4.05. The quantitative estimate of drug-likeness (QED) is 0.291. The number of nitrogens with one attached hydrogen (secondary N) is 1. The van der Waals surface area contributed by atoms with E-state index in [0.29, 0.717) is 11.4 Å². The Hall–Kier alpha value is -4.52. The third-order valence-corrected chi connectivity index (χ3v) is 6.93. The van der Waals surface area contributed by atoms with Crippen molar-refractivity contribution in [2.24, 2.45) is 0 Å².